The Morgan fingerprint density at radius 3 is 2.38 bits per heavy atom. The van der Waals surface area contributed by atoms with E-state index >= 15 is 0 Å². The third kappa shape index (κ3) is 4.54. The van der Waals surface area contributed by atoms with Gasteiger partial charge in [-0.25, -0.2) is 0 Å². The predicted molar refractivity (Wildman–Crippen MR) is 104 cm³/mol. The molecule has 0 N–H and O–H groups in total. The van der Waals surface area contributed by atoms with E-state index in [-0.39, 0.29) is 12.5 Å². The first-order valence-electron chi connectivity index (χ1n) is 8.31. The summed E-state index contributed by atoms with van der Waals surface area (Å²) in [6, 6.07) is 12.9. The van der Waals surface area contributed by atoms with Crippen molar-refractivity contribution in [2.24, 2.45) is 0 Å². The highest BCUT2D eigenvalue weighted by Gasteiger charge is 2.22. The quantitative estimate of drug-likeness (QED) is 0.774. The summed E-state index contributed by atoms with van der Waals surface area (Å²) in [7, 11) is 1.65. The van der Waals surface area contributed by atoms with Crippen molar-refractivity contribution in [2.75, 3.05) is 44.8 Å². The van der Waals surface area contributed by atoms with Gasteiger partial charge in [-0.15, -0.1) is 0 Å². The number of amides is 1. The lowest BCUT2D eigenvalue weighted by atomic mass is 10.2. The largest absolute Gasteiger partial charge is 0.497 e. The SMILES string of the molecule is COc1ccc(N2CCN(C(=O)COc3cc(Cl)ccc3Cl)CC2)cc1. The minimum atomic E-state index is -0.0598. The Balaban J connectivity index is 1.50. The van der Waals surface area contributed by atoms with E-state index in [1.165, 1.54) is 0 Å². The molecule has 7 heteroatoms. The second-order valence-corrected chi connectivity index (χ2v) is 6.77. The van der Waals surface area contributed by atoms with Crippen molar-refractivity contribution in [3.63, 3.8) is 0 Å². The monoisotopic (exact) mass is 394 g/mol. The molecule has 1 amide bonds. The molecule has 0 spiro atoms. The molecule has 26 heavy (non-hydrogen) atoms. The molecule has 2 aromatic carbocycles. The Morgan fingerprint density at radius 1 is 1.04 bits per heavy atom. The van der Waals surface area contributed by atoms with Crippen LogP contribution >= 0.6 is 23.2 Å². The molecule has 0 atom stereocenters. The number of halogens is 2. The first kappa shape index (κ1) is 18.7. The van der Waals surface area contributed by atoms with E-state index in [4.69, 9.17) is 32.7 Å². The van der Waals surface area contributed by atoms with Gasteiger partial charge < -0.3 is 19.3 Å². The molecule has 0 bridgehead atoms. The number of rotatable bonds is 5. The van der Waals surface area contributed by atoms with Crippen molar-refractivity contribution in [1.29, 1.82) is 0 Å². The Bertz CT molecular complexity index is 760. The maximum absolute atomic E-state index is 12.4. The van der Waals surface area contributed by atoms with Crippen LogP contribution in [0.4, 0.5) is 5.69 Å². The first-order chi connectivity index (χ1) is 12.6. The van der Waals surface area contributed by atoms with Crippen LogP contribution in [0.1, 0.15) is 0 Å². The summed E-state index contributed by atoms with van der Waals surface area (Å²) in [4.78, 5) is 16.4. The fourth-order valence-corrected chi connectivity index (χ4v) is 3.16. The zero-order valence-electron chi connectivity index (χ0n) is 14.5. The van der Waals surface area contributed by atoms with E-state index < -0.39 is 0 Å². The normalized spacial score (nSPS) is 14.3. The van der Waals surface area contributed by atoms with Crippen LogP contribution in [0.15, 0.2) is 42.5 Å². The number of carbonyl (C=O) groups is 1. The third-order valence-electron chi connectivity index (χ3n) is 4.31. The second-order valence-electron chi connectivity index (χ2n) is 5.93. The predicted octanol–water partition coefficient (Wildman–Crippen LogP) is 3.73. The van der Waals surface area contributed by atoms with Gasteiger partial charge >= 0.3 is 0 Å². The number of nitrogens with zero attached hydrogens (tertiary/aromatic N) is 2. The molecule has 1 aliphatic heterocycles. The molecule has 1 aliphatic rings. The molecule has 2 aromatic rings. The number of methoxy groups -OCH3 is 1. The van der Waals surface area contributed by atoms with Gasteiger partial charge in [0, 0.05) is 43.0 Å². The van der Waals surface area contributed by atoms with E-state index in [9.17, 15) is 4.79 Å². The molecule has 0 saturated carbocycles. The van der Waals surface area contributed by atoms with Gasteiger partial charge in [-0.05, 0) is 36.4 Å². The fraction of sp³-hybridized carbons (Fsp3) is 0.316. The summed E-state index contributed by atoms with van der Waals surface area (Å²) in [5.41, 5.74) is 1.12. The van der Waals surface area contributed by atoms with E-state index in [0.29, 0.717) is 28.9 Å². The van der Waals surface area contributed by atoms with Crippen LogP contribution in [0.2, 0.25) is 10.0 Å². The van der Waals surface area contributed by atoms with E-state index in [2.05, 4.69) is 4.90 Å². The summed E-state index contributed by atoms with van der Waals surface area (Å²) in [6.45, 7) is 2.80. The number of anilines is 1. The lowest BCUT2D eigenvalue weighted by Gasteiger charge is -2.36. The molecular weight excluding hydrogens is 375 g/mol. The summed E-state index contributed by atoms with van der Waals surface area (Å²) in [6.07, 6.45) is 0. The number of piperazine rings is 1. The number of hydrogen-bond acceptors (Lipinski definition) is 4. The maximum Gasteiger partial charge on any atom is 0.260 e. The minimum Gasteiger partial charge on any atom is -0.497 e. The molecule has 0 aliphatic carbocycles. The molecule has 1 heterocycles. The van der Waals surface area contributed by atoms with Crippen molar-refractivity contribution in [3.05, 3.63) is 52.5 Å². The summed E-state index contributed by atoms with van der Waals surface area (Å²) in [5.74, 6) is 1.19. The second kappa shape index (κ2) is 8.52. The molecule has 0 unspecified atom stereocenters. The maximum atomic E-state index is 12.4. The van der Waals surface area contributed by atoms with Crippen molar-refractivity contribution in [1.82, 2.24) is 4.90 Å². The average Bonchev–Trinajstić information content (AvgIpc) is 2.68. The Kier molecular flexibility index (Phi) is 6.12. The lowest BCUT2D eigenvalue weighted by Crippen LogP contribution is -2.50. The van der Waals surface area contributed by atoms with Crippen molar-refractivity contribution in [3.8, 4) is 11.5 Å². The Hall–Kier alpha value is -2.11. The number of hydrogen-bond donors (Lipinski definition) is 0. The van der Waals surface area contributed by atoms with E-state index in [0.717, 1.165) is 24.5 Å². The van der Waals surface area contributed by atoms with Crippen LogP contribution in [0, 0.1) is 0 Å². The van der Waals surface area contributed by atoms with Crippen molar-refractivity contribution < 1.29 is 14.3 Å². The van der Waals surface area contributed by atoms with Crippen LogP contribution in [0.3, 0.4) is 0 Å². The van der Waals surface area contributed by atoms with Gasteiger partial charge in [-0.2, -0.15) is 0 Å². The zero-order chi connectivity index (χ0) is 18.5. The topological polar surface area (TPSA) is 42.0 Å². The van der Waals surface area contributed by atoms with E-state index in [1.807, 2.05) is 24.3 Å². The smallest absolute Gasteiger partial charge is 0.260 e. The molecule has 5 nitrogen and oxygen atoms in total. The molecule has 0 aromatic heterocycles. The minimum absolute atomic E-state index is 0.0530. The highest BCUT2D eigenvalue weighted by atomic mass is 35.5. The van der Waals surface area contributed by atoms with Gasteiger partial charge in [0.15, 0.2) is 6.61 Å². The van der Waals surface area contributed by atoms with Gasteiger partial charge in [-0.3, -0.25) is 4.79 Å². The lowest BCUT2D eigenvalue weighted by molar-refractivity contribution is -0.133. The Labute approximate surface area is 163 Å². The van der Waals surface area contributed by atoms with Gasteiger partial charge in [0.25, 0.3) is 5.91 Å². The molecular formula is C19H20Cl2N2O3. The van der Waals surface area contributed by atoms with Crippen LogP contribution in [-0.2, 0) is 4.79 Å². The standard InChI is InChI=1S/C19H20Cl2N2O3/c1-25-16-5-3-15(4-6-16)22-8-10-23(11-9-22)19(24)13-26-18-12-14(20)2-7-17(18)21/h2-7,12H,8-11,13H2,1H3. The molecule has 1 fully saturated rings. The third-order valence-corrected chi connectivity index (χ3v) is 4.86. The number of carbonyl (C=O) groups excluding carboxylic acids is 1. The van der Waals surface area contributed by atoms with Crippen molar-refractivity contribution in [2.45, 2.75) is 0 Å². The highest BCUT2D eigenvalue weighted by Crippen LogP contribution is 2.27. The molecule has 138 valence electrons. The zero-order valence-corrected chi connectivity index (χ0v) is 16.0. The summed E-state index contributed by atoms with van der Waals surface area (Å²) >= 11 is 12.0. The van der Waals surface area contributed by atoms with Gasteiger partial charge in [0.05, 0.1) is 12.1 Å². The summed E-state index contributed by atoms with van der Waals surface area (Å²) < 4.78 is 10.7. The molecule has 1 saturated heterocycles. The molecule has 0 radical (unpaired) electrons. The first-order valence-corrected chi connectivity index (χ1v) is 9.07. The van der Waals surface area contributed by atoms with Crippen LogP contribution in [0.25, 0.3) is 0 Å². The molecule has 3 rings (SSSR count). The summed E-state index contributed by atoms with van der Waals surface area (Å²) in [5, 5.41) is 0.955. The van der Waals surface area contributed by atoms with Crippen LogP contribution in [0.5, 0.6) is 11.5 Å². The van der Waals surface area contributed by atoms with Crippen molar-refractivity contribution >= 4 is 34.8 Å². The van der Waals surface area contributed by atoms with Crippen LogP contribution < -0.4 is 14.4 Å². The Morgan fingerprint density at radius 2 is 1.73 bits per heavy atom. The number of benzene rings is 2. The van der Waals surface area contributed by atoms with E-state index in [1.54, 1.807) is 30.2 Å². The fourth-order valence-electron chi connectivity index (χ4n) is 2.83. The average molecular weight is 395 g/mol. The number of ether oxygens (including phenoxy) is 2. The van der Waals surface area contributed by atoms with Gasteiger partial charge in [0.1, 0.15) is 11.5 Å². The van der Waals surface area contributed by atoms with Gasteiger partial charge in [0.2, 0.25) is 0 Å². The van der Waals surface area contributed by atoms with Crippen LogP contribution in [-0.4, -0.2) is 50.7 Å². The van der Waals surface area contributed by atoms with Gasteiger partial charge in [-0.1, -0.05) is 23.2 Å². The highest BCUT2D eigenvalue weighted by molar-refractivity contribution is 6.34.